The highest BCUT2D eigenvalue weighted by atomic mass is 35.5. The van der Waals surface area contributed by atoms with Crippen molar-refractivity contribution in [1.82, 2.24) is 0 Å². The van der Waals surface area contributed by atoms with Crippen LogP contribution < -0.4 is 19.5 Å². The second-order valence-corrected chi connectivity index (χ2v) is 6.36. The van der Waals surface area contributed by atoms with E-state index >= 15 is 0 Å². The van der Waals surface area contributed by atoms with Gasteiger partial charge in [-0.15, -0.1) is 0 Å². The Morgan fingerprint density at radius 3 is 2.03 bits per heavy atom. The van der Waals surface area contributed by atoms with Gasteiger partial charge in [0.25, 0.3) is 5.91 Å². The summed E-state index contributed by atoms with van der Waals surface area (Å²) in [6.45, 7) is -0.249. The van der Waals surface area contributed by atoms with Crippen molar-refractivity contribution < 1.29 is 23.8 Å². The molecule has 0 unspecified atom stereocenters. The number of amides is 1. The zero-order valence-electron chi connectivity index (χ0n) is 15.6. The summed E-state index contributed by atoms with van der Waals surface area (Å²) < 4.78 is 15.6. The van der Waals surface area contributed by atoms with Gasteiger partial charge in [-0.05, 0) is 72.8 Å². The Bertz CT molecular complexity index is 970. The Labute approximate surface area is 173 Å². The van der Waals surface area contributed by atoms with Crippen molar-refractivity contribution in [3.63, 3.8) is 0 Å². The van der Waals surface area contributed by atoms with Crippen LogP contribution in [0.1, 0.15) is 10.4 Å². The number of nitrogens with one attached hydrogen (secondary N) is 1. The molecule has 29 heavy (non-hydrogen) atoms. The molecule has 7 heteroatoms. The molecule has 0 radical (unpaired) electrons. The van der Waals surface area contributed by atoms with Crippen LogP contribution in [0.3, 0.4) is 0 Å². The van der Waals surface area contributed by atoms with E-state index in [1.807, 2.05) is 0 Å². The third-order valence-electron chi connectivity index (χ3n) is 3.87. The molecule has 0 fully saturated rings. The Kier molecular flexibility index (Phi) is 6.71. The minimum Gasteiger partial charge on any atom is -0.497 e. The highest BCUT2D eigenvalue weighted by Gasteiger charge is 2.09. The molecule has 3 rings (SSSR count). The third-order valence-corrected chi connectivity index (χ3v) is 4.12. The minimum absolute atomic E-state index is 0.249. The van der Waals surface area contributed by atoms with Gasteiger partial charge < -0.3 is 19.5 Å². The number of anilines is 1. The van der Waals surface area contributed by atoms with Crippen LogP contribution in [0.15, 0.2) is 72.8 Å². The number of hydrogen-bond acceptors (Lipinski definition) is 5. The lowest BCUT2D eigenvalue weighted by atomic mass is 10.2. The maximum Gasteiger partial charge on any atom is 0.349 e. The number of carbonyl (C=O) groups excluding carboxylic acids is 2. The topological polar surface area (TPSA) is 73.9 Å². The second kappa shape index (κ2) is 9.61. The van der Waals surface area contributed by atoms with Crippen molar-refractivity contribution in [2.75, 3.05) is 19.0 Å². The van der Waals surface area contributed by atoms with E-state index in [1.165, 1.54) is 0 Å². The number of ether oxygens (including phenoxy) is 3. The van der Waals surface area contributed by atoms with Crippen molar-refractivity contribution >= 4 is 29.2 Å². The first-order valence-corrected chi connectivity index (χ1v) is 9.06. The SMILES string of the molecule is COc1ccc(NC(=O)c2ccc(OC(=O)COc3ccc(Cl)cc3)cc2)cc1. The average Bonchev–Trinajstić information content (AvgIpc) is 2.74. The van der Waals surface area contributed by atoms with Gasteiger partial charge in [0.15, 0.2) is 6.61 Å². The van der Waals surface area contributed by atoms with E-state index in [0.29, 0.717) is 33.5 Å². The minimum atomic E-state index is -0.560. The summed E-state index contributed by atoms with van der Waals surface area (Å²) >= 11 is 5.79. The second-order valence-electron chi connectivity index (χ2n) is 5.92. The number of carbonyl (C=O) groups is 2. The number of benzene rings is 3. The van der Waals surface area contributed by atoms with E-state index in [1.54, 1.807) is 79.9 Å². The average molecular weight is 412 g/mol. The molecule has 148 valence electrons. The Hall–Kier alpha value is -3.51. The molecule has 0 heterocycles. The Morgan fingerprint density at radius 1 is 0.828 bits per heavy atom. The van der Waals surface area contributed by atoms with Crippen LogP contribution in [-0.2, 0) is 4.79 Å². The first-order valence-electron chi connectivity index (χ1n) is 8.68. The molecule has 1 amide bonds. The highest BCUT2D eigenvalue weighted by molar-refractivity contribution is 6.30. The van der Waals surface area contributed by atoms with Crippen molar-refractivity contribution in [1.29, 1.82) is 0 Å². The quantitative estimate of drug-likeness (QED) is 0.455. The van der Waals surface area contributed by atoms with Crippen LogP contribution in [0.4, 0.5) is 5.69 Å². The summed E-state index contributed by atoms with van der Waals surface area (Å²) in [6, 6.07) is 19.9. The molecule has 0 spiro atoms. The van der Waals surface area contributed by atoms with Crippen molar-refractivity contribution in [2.45, 2.75) is 0 Å². The first-order chi connectivity index (χ1) is 14.0. The molecule has 1 N–H and O–H groups in total. The summed E-state index contributed by atoms with van der Waals surface area (Å²) in [7, 11) is 1.58. The molecule has 0 atom stereocenters. The maximum atomic E-state index is 12.3. The van der Waals surface area contributed by atoms with Crippen LogP contribution in [0, 0.1) is 0 Å². The number of esters is 1. The van der Waals surface area contributed by atoms with E-state index in [9.17, 15) is 9.59 Å². The summed E-state index contributed by atoms with van der Waals surface area (Å²) in [4.78, 5) is 24.2. The molecule has 0 aliphatic carbocycles. The lowest BCUT2D eigenvalue weighted by Gasteiger charge is -2.08. The number of hydrogen-bond donors (Lipinski definition) is 1. The van der Waals surface area contributed by atoms with Crippen molar-refractivity contribution in [3.8, 4) is 17.2 Å². The van der Waals surface area contributed by atoms with Gasteiger partial charge in [-0.2, -0.15) is 0 Å². The Balaban J connectivity index is 1.51. The summed E-state index contributed by atoms with van der Waals surface area (Å²) in [5.74, 6) is 0.691. The highest BCUT2D eigenvalue weighted by Crippen LogP contribution is 2.18. The van der Waals surface area contributed by atoms with E-state index in [-0.39, 0.29) is 12.5 Å². The van der Waals surface area contributed by atoms with E-state index in [4.69, 9.17) is 25.8 Å². The smallest absolute Gasteiger partial charge is 0.349 e. The van der Waals surface area contributed by atoms with Crippen LogP contribution in [0.5, 0.6) is 17.2 Å². The lowest BCUT2D eigenvalue weighted by molar-refractivity contribution is -0.136. The molecular formula is C22H18ClNO5. The summed E-state index contributed by atoms with van der Waals surface area (Å²) in [5.41, 5.74) is 1.07. The molecule has 3 aromatic rings. The number of halogens is 1. The maximum absolute atomic E-state index is 12.3. The molecular weight excluding hydrogens is 394 g/mol. The van der Waals surface area contributed by atoms with Gasteiger partial charge in [0.1, 0.15) is 17.2 Å². The van der Waals surface area contributed by atoms with Crippen molar-refractivity contribution in [2.24, 2.45) is 0 Å². The number of rotatable bonds is 7. The molecule has 3 aromatic carbocycles. The summed E-state index contributed by atoms with van der Waals surface area (Å²) in [6.07, 6.45) is 0. The van der Waals surface area contributed by atoms with Gasteiger partial charge in [-0.3, -0.25) is 4.79 Å². The third kappa shape index (κ3) is 5.99. The zero-order chi connectivity index (χ0) is 20.6. The van der Waals surface area contributed by atoms with Gasteiger partial charge in [0, 0.05) is 16.3 Å². The van der Waals surface area contributed by atoms with Crippen LogP contribution in [-0.4, -0.2) is 25.6 Å². The monoisotopic (exact) mass is 411 g/mol. The van der Waals surface area contributed by atoms with E-state index in [2.05, 4.69) is 5.32 Å². The molecule has 0 aliphatic rings. The van der Waals surface area contributed by atoms with Gasteiger partial charge >= 0.3 is 5.97 Å². The van der Waals surface area contributed by atoms with Gasteiger partial charge in [0.05, 0.1) is 7.11 Å². The summed E-state index contributed by atoms with van der Waals surface area (Å²) in [5, 5.41) is 3.36. The number of methoxy groups -OCH3 is 1. The first kappa shape index (κ1) is 20.2. The largest absolute Gasteiger partial charge is 0.497 e. The van der Waals surface area contributed by atoms with E-state index < -0.39 is 5.97 Å². The normalized spacial score (nSPS) is 10.1. The molecule has 0 saturated carbocycles. The Morgan fingerprint density at radius 2 is 1.41 bits per heavy atom. The molecule has 0 aromatic heterocycles. The van der Waals surface area contributed by atoms with Crippen LogP contribution >= 0.6 is 11.6 Å². The van der Waals surface area contributed by atoms with E-state index in [0.717, 1.165) is 0 Å². The van der Waals surface area contributed by atoms with Gasteiger partial charge in [-0.1, -0.05) is 11.6 Å². The molecule has 0 aliphatic heterocycles. The van der Waals surface area contributed by atoms with Crippen molar-refractivity contribution in [3.05, 3.63) is 83.4 Å². The molecule has 0 bridgehead atoms. The fourth-order valence-corrected chi connectivity index (χ4v) is 2.51. The zero-order valence-corrected chi connectivity index (χ0v) is 16.3. The predicted molar refractivity (Wildman–Crippen MR) is 110 cm³/mol. The fraction of sp³-hybridized carbons (Fsp3) is 0.0909. The molecule has 6 nitrogen and oxygen atoms in total. The van der Waals surface area contributed by atoms with Gasteiger partial charge in [0.2, 0.25) is 0 Å². The van der Waals surface area contributed by atoms with Gasteiger partial charge in [-0.25, -0.2) is 4.79 Å². The molecule has 0 saturated heterocycles. The lowest BCUT2D eigenvalue weighted by Crippen LogP contribution is -2.18. The predicted octanol–water partition coefficient (Wildman–Crippen LogP) is 4.59. The van der Waals surface area contributed by atoms with Crippen LogP contribution in [0.25, 0.3) is 0 Å². The standard InChI is InChI=1S/C22H18ClNO5/c1-27-18-12-6-17(7-13-18)24-22(26)15-2-8-20(9-3-15)29-21(25)14-28-19-10-4-16(23)5-11-19/h2-13H,14H2,1H3,(H,24,26). The fourth-order valence-electron chi connectivity index (χ4n) is 2.39. The van der Waals surface area contributed by atoms with Crippen LogP contribution in [0.2, 0.25) is 5.02 Å².